The van der Waals surface area contributed by atoms with Gasteiger partial charge in [-0.15, -0.1) is 11.3 Å². The Hall–Kier alpha value is -4.35. The molecule has 0 aliphatic carbocycles. The Bertz CT molecular complexity index is 1480. The number of guanidine groups is 1. The molecular weight excluding hydrogens is 518 g/mol. The van der Waals surface area contributed by atoms with Crippen LogP contribution in [0.25, 0.3) is 0 Å². The molecule has 0 aliphatic rings. The molecule has 0 radical (unpaired) electrons. The Labute approximate surface area is 217 Å². The van der Waals surface area contributed by atoms with Gasteiger partial charge in [-0.2, -0.15) is 0 Å². The second-order valence-corrected chi connectivity index (χ2v) is 10.3. The Kier molecular flexibility index (Phi) is 8.88. The second kappa shape index (κ2) is 12.1. The topological polar surface area (TPSA) is 195 Å². The molecule has 14 heteroatoms. The number of carboxylic acids is 1. The fourth-order valence-electron chi connectivity index (χ4n) is 3.11. The van der Waals surface area contributed by atoms with Gasteiger partial charge in [0.05, 0.1) is 23.1 Å². The monoisotopic (exact) mass is 543 g/mol. The third-order valence-electron chi connectivity index (χ3n) is 4.96. The zero-order chi connectivity index (χ0) is 27.0. The van der Waals surface area contributed by atoms with E-state index in [-0.39, 0.29) is 34.4 Å². The number of rotatable bonds is 10. The number of anilines is 1. The SMILES string of the molecule is Cn1cncc1C#Cc1cccc(S(=O)(=O)Nc2ccsc2C(=O)N[C@@H](CCCN=C(N)N)C(=O)O)c1. The molecule has 194 valence electrons. The molecule has 37 heavy (non-hydrogen) atoms. The van der Waals surface area contributed by atoms with Crippen molar-refractivity contribution in [3.05, 3.63) is 64.4 Å². The van der Waals surface area contributed by atoms with Gasteiger partial charge in [-0.25, -0.2) is 18.2 Å². The summed E-state index contributed by atoms with van der Waals surface area (Å²) in [5.74, 6) is 3.76. The zero-order valence-corrected chi connectivity index (χ0v) is 21.3. The number of carbonyl (C=O) groups is 2. The van der Waals surface area contributed by atoms with Crippen molar-refractivity contribution in [2.24, 2.45) is 23.5 Å². The Morgan fingerprint density at radius 1 is 1.27 bits per heavy atom. The minimum Gasteiger partial charge on any atom is -0.480 e. The molecule has 0 saturated heterocycles. The zero-order valence-electron chi connectivity index (χ0n) is 19.7. The molecule has 12 nitrogen and oxygen atoms in total. The largest absolute Gasteiger partial charge is 0.480 e. The predicted octanol–water partition coefficient (Wildman–Crippen LogP) is 0.919. The first-order chi connectivity index (χ1) is 17.6. The molecule has 0 saturated carbocycles. The Balaban J connectivity index is 1.73. The minimum atomic E-state index is -4.08. The highest BCUT2D eigenvalue weighted by Gasteiger charge is 2.24. The van der Waals surface area contributed by atoms with Gasteiger partial charge in [0.1, 0.15) is 16.6 Å². The first kappa shape index (κ1) is 27.2. The van der Waals surface area contributed by atoms with Crippen LogP contribution in [0.3, 0.4) is 0 Å². The number of aromatic nitrogens is 2. The smallest absolute Gasteiger partial charge is 0.326 e. The molecular formula is C23H25N7O5S2. The molecule has 0 bridgehead atoms. The number of nitrogens with two attached hydrogens (primary N) is 2. The molecule has 3 rings (SSSR count). The summed E-state index contributed by atoms with van der Waals surface area (Å²) in [7, 11) is -2.28. The number of aliphatic imine (C=N–C) groups is 1. The van der Waals surface area contributed by atoms with E-state index in [9.17, 15) is 23.1 Å². The van der Waals surface area contributed by atoms with Crippen LogP contribution in [0, 0.1) is 11.8 Å². The van der Waals surface area contributed by atoms with E-state index in [1.807, 2.05) is 0 Å². The molecule has 1 aromatic carbocycles. The average Bonchev–Trinajstić information content (AvgIpc) is 3.47. The molecule has 2 heterocycles. The lowest BCUT2D eigenvalue weighted by Crippen LogP contribution is -2.40. The number of carboxylic acid groups (broad SMARTS) is 1. The van der Waals surface area contributed by atoms with E-state index < -0.39 is 27.9 Å². The van der Waals surface area contributed by atoms with Crippen molar-refractivity contribution >= 4 is 44.9 Å². The van der Waals surface area contributed by atoms with Gasteiger partial charge in [0.25, 0.3) is 15.9 Å². The fraction of sp³-hybridized carbons (Fsp3) is 0.217. The maximum atomic E-state index is 13.0. The van der Waals surface area contributed by atoms with Crippen molar-refractivity contribution in [2.45, 2.75) is 23.8 Å². The van der Waals surface area contributed by atoms with Crippen molar-refractivity contribution < 1.29 is 23.1 Å². The van der Waals surface area contributed by atoms with E-state index >= 15 is 0 Å². The quantitative estimate of drug-likeness (QED) is 0.108. The Morgan fingerprint density at radius 2 is 2.05 bits per heavy atom. The van der Waals surface area contributed by atoms with Gasteiger partial charge in [-0.05, 0) is 48.4 Å². The molecule has 0 fully saturated rings. The van der Waals surface area contributed by atoms with Gasteiger partial charge in [-0.3, -0.25) is 14.5 Å². The van der Waals surface area contributed by atoms with Crippen LogP contribution in [0.15, 0.2) is 58.1 Å². The van der Waals surface area contributed by atoms with Gasteiger partial charge in [-0.1, -0.05) is 12.0 Å². The number of imidazole rings is 1. The number of carbonyl (C=O) groups excluding carboxylic acids is 1. The number of hydrogen-bond acceptors (Lipinski definition) is 7. The summed E-state index contributed by atoms with van der Waals surface area (Å²) in [5.41, 5.74) is 11.7. The molecule has 0 unspecified atom stereocenters. The van der Waals surface area contributed by atoms with E-state index in [1.54, 1.807) is 36.3 Å². The summed E-state index contributed by atoms with van der Waals surface area (Å²) in [6.45, 7) is 0.206. The number of aliphatic carboxylic acids is 1. The highest BCUT2D eigenvalue weighted by molar-refractivity contribution is 7.92. The third-order valence-corrected chi connectivity index (χ3v) is 7.24. The number of nitrogens with one attached hydrogen (secondary N) is 2. The predicted molar refractivity (Wildman–Crippen MR) is 140 cm³/mol. The lowest BCUT2D eigenvalue weighted by molar-refractivity contribution is -0.139. The average molecular weight is 544 g/mol. The van der Waals surface area contributed by atoms with Crippen LogP contribution >= 0.6 is 11.3 Å². The number of benzene rings is 1. The number of sulfonamides is 1. The number of thiophene rings is 1. The molecule has 7 N–H and O–H groups in total. The molecule has 2 aromatic heterocycles. The van der Waals surface area contributed by atoms with Crippen molar-refractivity contribution in [1.82, 2.24) is 14.9 Å². The summed E-state index contributed by atoms with van der Waals surface area (Å²) in [6, 6.07) is 6.27. The van der Waals surface area contributed by atoms with Crippen LogP contribution in [0.5, 0.6) is 0 Å². The summed E-state index contributed by atoms with van der Waals surface area (Å²) in [6.07, 6.45) is 3.60. The normalized spacial score (nSPS) is 11.6. The van der Waals surface area contributed by atoms with Gasteiger partial charge < -0.3 is 26.5 Å². The van der Waals surface area contributed by atoms with Crippen LogP contribution in [0.2, 0.25) is 0 Å². The van der Waals surface area contributed by atoms with Gasteiger partial charge in [0.15, 0.2) is 5.96 Å². The molecule has 1 amide bonds. The first-order valence-corrected chi connectivity index (χ1v) is 13.2. The summed E-state index contributed by atoms with van der Waals surface area (Å²) < 4.78 is 30.2. The van der Waals surface area contributed by atoms with Gasteiger partial charge in [0.2, 0.25) is 0 Å². The summed E-state index contributed by atoms with van der Waals surface area (Å²) in [4.78, 5) is 32.1. The van der Waals surface area contributed by atoms with Crippen LogP contribution in [0.1, 0.15) is 33.8 Å². The lowest BCUT2D eigenvalue weighted by atomic mass is 10.1. The summed E-state index contributed by atoms with van der Waals surface area (Å²) >= 11 is 0.973. The van der Waals surface area contributed by atoms with Crippen LogP contribution in [-0.4, -0.2) is 53.5 Å². The molecule has 0 spiro atoms. The maximum Gasteiger partial charge on any atom is 0.326 e. The maximum absolute atomic E-state index is 13.0. The van der Waals surface area contributed by atoms with E-state index in [4.69, 9.17) is 11.5 Å². The number of hydrogen-bond donors (Lipinski definition) is 5. The molecule has 3 aromatic rings. The number of aryl methyl sites for hydroxylation is 1. The fourth-order valence-corrected chi connectivity index (χ4v) is 5.04. The van der Waals surface area contributed by atoms with Crippen molar-refractivity contribution in [3.8, 4) is 11.8 Å². The van der Waals surface area contributed by atoms with Gasteiger partial charge >= 0.3 is 5.97 Å². The number of nitrogens with zero attached hydrogens (tertiary/aromatic N) is 3. The van der Waals surface area contributed by atoms with Crippen LogP contribution in [0.4, 0.5) is 5.69 Å². The van der Waals surface area contributed by atoms with Crippen molar-refractivity contribution in [2.75, 3.05) is 11.3 Å². The summed E-state index contributed by atoms with van der Waals surface area (Å²) in [5, 5.41) is 13.4. The second-order valence-electron chi connectivity index (χ2n) is 7.75. The van der Waals surface area contributed by atoms with E-state index in [0.29, 0.717) is 17.7 Å². The van der Waals surface area contributed by atoms with Crippen molar-refractivity contribution in [3.63, 3.8) is 0 Å². The van der Waals surface area contributed by atoms with Crippen molar-refractivity contribution in [1.29, 1.82) is 0 Å². The molecule has 0 aliphatic heterocycles. The van der Waals surface area contributed by atoms with E-state index in [2.05, 4.69) is 31.9 Å². The van der Waals surface area contributed by atoms with Crippen LogP contribution in [-0.2, 0) is 21.9 Å². The highest BCUT2D eigenvalue weighted by Crippen LogP contribution is 2.26. The highest BCUT2D eigenvalue weighted by atomic mass is 32.2. The lowest BCUT2D eigenvalue weighted by Gasteiger charge is -2.15. The van der Waals surface area contributed by atoms with E-state index in [0.717, 1.165) is 11.3 Å². The standard InChI is InChI=1S/C23H25N7O5S2/c1-30-14-26-13-16(30)8-7-15-4-2-5-17(12-15)37(34,35)29-18-9-11-36-20(18)21(31)28-19(22(32)33)6-3-10-27-23(24)25/h2,4-5,9,11-14,19,29H,3,6,10H2,1H3,(H,28,31)(H,32,33)(H4,24,25,27)/t19-/m0/s1. The minimum absolute atomic E-state index is 0.0196. The van der Waals surface area contributed by atoms with Crippen LogP contribution < -0.4 is 21.5 Å². The van der Waals surface area contributed by atoms with E-state index in [1.165, 1.54) is 23.6 Å². The Morgan fingerprint density at radius 3 is 2.73 bits per heavy atom. The third kappa shape index (κ3) is 7.56. The number of amides is 1. The molecule has 1 atom stereocenters. The first-order valence-electron chi connectivity index (χ1n) is 10.8. The van der Waals surface area contributed by atoms with Gasteiger partial charge in [0, 0.05) is 19.2 Å².